The summed E-state index contributed by atoms with van der Waals surface area (Å²) in [6, 6.07) is 12.6. The number of pyridine rings is 1. The van der Waals surface area contributed by atoms with Gasteiger partial charge in [-0.25, -0.2) is 13.2 Å². The molecule has 0 bridgehead atoms. The molecule has 2 aromatic carbocycles. The van der Waals surface area contributed by atoms with Crippen LogP contribution in [-0.4, -0.2) is 5.91 Å². The SMILES string of the molecule is O=C(NCc1cccc[n+]1[O-])c1cccc(-c2cc(F)c(F)c(F)c2)c1. The Morgan fingerprint density at radius 3 is 2.38 bits per heavy atom. The van der Waals surface area contributed by atoms with Crippen molar-refractivity contribution in [3.8, 4) is 11.1 Å². The van der Waals surface area contributed by atoms with E-state index in [0.717, 1.165) is 12.1 Å². The van der Waals surface area contributed by atoms with Crippen molar-refractivity contribution in [3.63, 3.8) is 0 Å². The highest BCUT2D eigenvalue weighted by Gasteiger charge is 2.14. The van der Waals surface area contributed by atoms with Crippen molar-refractivity contribution in [2.24, 2.45) is 0 Å². The molecule has 0 saturated heterocycles. The zero-order chi connectivity index (χ0) is 18.7. The van der Waals surface area contributed by atoms with Crippen molar-refractivity contribution >= 4 is 5.91 Å². The molecule has 0 aliphatic rings. The summed E-state index contributed by atoms with van der Waals surface area (Å²) in [6.45, 7) is 0.0210. The first kappa shape index (κ1) is 17.5. The third-order valence-electron chi connectivity index (χ3n) is 3.78. The van der Waals surface area contributed by atoms with Crippen LogP contribution in [0.4, 0.5) is 13.2 Å². The maximum Gasteiger partial charge on any atom is 0.251 e. The lowest BCUT2D eigenvalue weighted by atomic mass is 10.0. The average Bonchev–Trinajstić information content (AvgIpc) is 2.65. The Labute approximate surface area is 147 Å². The molecule has 0 unspecified atom stereocenters. The highest BCUT2D eigenvalue weighted by Crippen LogP contribution is 2.24. The van der Waals surface area contributed by atoms with Gasteiger partial charge in [0.15, 0.2) is 23.6 Å². The summed E-state index contributed by atoms with van der Waals surface area (Å²) in [7, 11) is 0. The van der Waals surface area contributed by atoms with E-state index in [9.17, 15) is 23.2 Å². The van der Waals surface area contributed by atoms with Crippen LogP contribution in [0.25, 0.3) is 11.1 Å². The average molecular weight is 358 g/mol. The molecule has 0 aliphatic carbocycles. The number of carbonyl (C=O) groups is 1. The smallest absolute Gasteiger partial charge is 0.251 e. The van der Waals surface area contributed by atoms with Crippen LogP contribution in [0.5, 0.6) is 0 Å². The molecular weight excluding hydrogens is 345 g/mol. The van der Waals surface area contributed by atoms with E-state index in [1.807, 2.05) is 0 Å². The fourth-order valence-corrected chi connectivity index (χ4v) is 2.44. The fourth-order valence-electron chi connectivity index (χ4n) is 2.44. The minimum absolute atomic E-state index is 0.0210. The van der Waals surface area contributed by atoms with Crippen LogP contribution < -0.4 is 10.0 Å². The van der Waals surface area contributed by atoms with Gasteiger partial charge in [0.05, 0.1) is 0 Å². The number of benzene rings is 2. The normalized spacial score (nSPS) is 10.6. The highest BCUT2D eigenvalue weighted by atomic mass is 19.2. The molecule has 0 spiro atoms. The van der Waals surface area contributed by atoms with E-state index in [1.54, 1.807) is 30.3 Å². The Morgan fingerprint density at radius 1 is 0.962 bits per heavy atom. The quantitative estimate of drug-likeness (QED) is 0.442. The Balaban J connectivity index is 1.81. The molecule has 1 aromatic heterocycles. The summed E-state index contributed by atoms with van der Waals surface area (Å²) in [5.74, 6) is -4.62. The number of amides is 1. The maximum atomic E-state index is 13.4. The second-order valence-electron chi connectivity index (χ2n) is 5.54. The Hall–Kier alpha value is -3.35. The van der Waals surface area contributed by atoms with Gasteiger partial charge in [0.25, 0.3) is 5.91 Å². The number of aromatic nitrogens is 1. The lowest BCUT2D eigenvalue weighted by molar-refractivity contribution is -0.614. The predicted octanol–water partition coefficient (Wildman–Crippen LogP) is 3.33. The molecule has 0 atom stereocenters. The lowest BCUT2D eigenvalue weighted by Crippen LogP contribution is -2.35. The number of hydrogen-bond acceptors (Lipinski definition) is 2. The zero-order valence-electron chi connectivity index (χ0n) is 13.4. The fraction of sp³-hybridized carbons (Fsp3) is 0.0526. The van der Waals surface area contributed by atoms with Crippen molar-refractivity contribution < 1.29 is 22.7 Å². The molecule has 0 radical (unpaired) electrons. The lowest BCUT2D eigenvalue weighted by Gasteiger charge is -2.08. The summed E-state index contributed by atoms with van der Waals surface area (Å²) >= 11 is 0. The predicted molar refractivity (Wildman–Crippen MR) is 88.3 cm³/mol. The van der Waals surface area contributed by atoms with Crippen LogP contribution in [0.2, 0.25) is 0 Å². The number of hydrogen-bond donors (Lipinski definition) is 1. The van der Waals surface area contributed by atoms with Crippen molar-refractivity contribution in [1.82, 2.24) is 5.32 Å². The van der Waals surface area contributed by atoms with E-state index in [4.69, 9.17) is 0 Å². The molecule has 0 fully saturated rings. The third-order valence-corrected chi connectivity index (χ3v) is 3.78. The molecule has 7 heteroatoms. The molecule has 1 heterocycles. The molecule has 3 aromatic rings. The number of halogens is 3. The van der Waals surface area contributed by atoms with Gasteiger partial charge in [-0.1, -0.05) is 12.1 Å². The van der Waals surface area contributed by atoms with E-state index < -0.39 is 23.4 Å². The number of carbonyl (C=O) groups excluding carboxylic acids is 1. The summed E-state index contributed by atoms with van der Waals surface area (Å²) in [6.07, 6.45) is 1.32. The molecule has 1 amide bonds. The second kappa shape index (κ2) is 7.26. The highest BCUT2D eigenvalue weighted by molar-refractivity contribution is 5.95. The van der Waals surface area contributed by atoms with Crippen LogP contribution in [-0.2, 0) is 6.54 Å². The number of nitrogens with one attached hydrogen (secondary N) is 1. The van der Waals surface area contributed by atoms with Crippen LogP contribution >= 0.6 is 0 Å². The van der Waals surface area contributed by atoms with Gasteiger partial charge in [-0.3, -0.25) is 4.79 Å². The van der Waals surface area contributed by atoms with Gasteiger partial charge in [0, 0.05) is 17.7 Å². The van der Waals surface area contributed by atoms with Gasteiger partial charge in [0.1, 0.15) is 6.54 Å². The van der Waals surface area contributed by atoms with Gasteiger partial charge >= 0.3 is 0 Å². The largest absolute Gasteiger partial charge is 0.618 e. The van der Waals surface area contributed by atoms with Crippen LogP contribution in [0, 0.1) is 22.7 Å². The molecule has 0 saturated carbocycles. The van der Waals surface area contributed by atoms with Crippen LogP contribution in [0.15, 0.2) is 60.8 Å². The van der Waals surface area contributed by atoms with Gasteiger partial charge < -0.3 is 10.5 Å². The van der Waals surface area contributed by atoms with Gasteiger partial charge in [0.2, 0.25) is 5.69 Å². The number of nitrogens with zero attached hydrogens (tertiary/aromatic N) is 1. The third kappa shape index (κ3) is 3.66. The van der Waals surface area contributed by atoms with E-state index >= 15 is 0 Å². The van der Waals surface area contributed by atoms with Gasteiger partial charge in [-0.2, -0.15) is 4.73 Å². The Kier molecular flexibility index (Phi) is 4.88. The zero-order valence-corrected chi connectivity index (χ0v) is 13.4. The first-order valence-electron chi connectivity index (χ1n) is 7.66. The Morgan fingerprint density at radius 2 is 1.69 bits per heavy atom. The summed E-state index contributed by atoms with van der Waals surface area (Å²) in [4.78, 5) is 12.3. The minimum Gasteiger partial charge on any atom is -0.618 e. The minimum atomic E-state index is -1.54. The maximum absolute atomic E-state index is 13.4. The summed E-state index contributed by atoms with van der Waals surface area (Å²) in [5, 5.41) is 14.2. The van der Waals surface area contributed by atoms with Gasteiger partial charge in [-0.05, 0) is 41.5 Å². The molecule has 26 heavy (non-hydrogen) atoms. The Bertz CT molecular complexity index is 953. The molecule has 3 rings (SSSR count). The molecule has 1 N–H and O–H groups in total. The summed E-state index contributed by atoms with van der Waals surface area (Å²) in [5.41, 5.74) is 1.06. The molecule has 132 valence electrons. The second-order valence-corrected chi connectivity index (χ2v) is 5.54. The standard InChI is InChI=1S/C19H13F3N2O2/c20-16-9-14(10-17(21)18(16)22)12-4-3-5-13(8-12)19(25)23-11-15-6-1-2-7-24(15)26/h1-10H,11H2,(H,23,25). The van der Waals surface area contributed by atoms with Crippen LogP contribution in [0.3, 0.4) is 0 Å². The van der Waals surface area contributed by atoms with E-state index in [0.29, 0.717) is 16.0 Å². The number of rotatable bonds is 4. The molecule has 4 nitrogen and oxygen atoms in total. The first-order valence-corrected chi connectivity index (χ1v) is 7.66. The summed E-state index contributed by atoms with van der Waals surface area (Å²) < 4.78 is 40.5. The van der Waals surface area contributed by atoms with Gasteiger partial charge in [-0.15, -0.1) is 0 Å². The van der Waals surface area contributed by atoms with Crippen molar-refractivity contribution in [2.75, 3.05) is 0 Å². The topological polar surface area (TPSA) is 56.0 Å². The monoisotopic (exact) mass is 358 g/mol. The van der Waals surface area contributed by atoms with Crippen LogP contribution in [0.1, 0.15) is 16.1 Å². The molecular formula is C19H13F3N2O2. The van der Waals surface area contributed by atoms with E-state index in [1.165, 1.54) is 18.3 Å². The first-order chi connectivity index (χ1) is 12.5. The van der Waals surface area contributed by atoms with E-state index in [2.05, 4.69) is 5.32 Å². The van der Waals surface area contributed by atoms with Crippen molar-refractivity contribution in [2.45, 2.75) is 6.54 Å². The van der Waals surface area contributed by atoms with Crippen molar-refractivity contribution in [1.29, 1.82) is 0 Å². The van der Waals surface area contributed by atoms with E-state index in [-0.39, 0.29) is 17.7 Å². The molecule has 0 aliphatic heterocycles. The van der Waals surface area contributed by atoms with Crippen molar-refractivity contribution in [3.05, 3.63) is 94.7 Å².